The summed E-state index contributed by atoms with van der Waals surface area (Å²) < 4.78 is 6.62. The number of fused-ring (bicyclic) bond motifs is 1. The van der Waals surface area contributed by atoms with Crippen molar-refractivity contribution < 1.29 is 4.74 Å². The maximum absolute atomic E-state index is 5.40. The molecule has 0 saturated heterocycles. The molecule has 2 heteroatoms. The summed E-state index contributed by atoms with van der Waals surface area (Å²) in [6.07, 6.45) is 1.04. The molecular weight excluding hydrogens is 204 g/mol. The second-order valence-electron chi connectivity index (χ2n) is 2.77. The van der Waals surface area contributed by atoms with Crippen LogP contribution in [0.25, 0.3) is 0 Å². The summed E-state index contributed by atoms with van der Waals surface area (Å²) in [5, 5.41) is 0. The van der Waals surface area contributed by atoms with Crippen LogP contribution in [0, 0.1) is 6.92 Å². The Kier molecular flexibility index (Phi) is 1.64. The highest BCUT2D eigenvalue weighted by Crippen LogP contribution is 2.33. The van der Waals surface area contributed by atoms with E-state index in [1.165, 1.54) is 15.6 Å². The van der Waals surface area contributed by atoms with Crippen LogP contribution >= 0.6 is 15.9 Å². The number of rotatable bonds is 0. The van der Waals surface area contributed by atoms with Gasteiger partial charge in [0, 0.05) is 16.5 Å². The van der Waals surface area contributed by atoms with E-state index in [1.807, 2.05) is 6.07 Å². The van der Waals surface area contributed by atoms with E-state index in [4.69, 9.17) is 4.74 Å². The highest BCUT2D eigenvalue weighted by Gasteiger charge is 2.15. The fourth-order valence-electron chi connectivity index (χ4n) is 1.35. The Morgan fingerprint density at radius 1 is 1.45 bits per heavy atom. The number of ether oxygens (including phenoxy) is 1. The fourth-order valence-corrected chi connectivity index (χ4v) is 1.88. The smallest absolute Gasteiger partial charge is 0.123 e. The van der Waals surface area contributed by atoms with Gasteiger partial charge in [-0.05, 0) is 18.6 Å². The molecular formula is C9H9BrO. The number of hydrogen-bond acceptors (Lipinski definition) is 1. The lowest BCUT2D eigenvalue weighted by Crippen LogP contribution is -1.85. The Morgan fingerprint density at radius 2 is 2.27 bits per heavy atom. The van der Waals surface area contributed by atoms with E-state index < -0.39 is 0 Å². The molecule has 1 heterocycles. The van der Waals surface area contributed by atoms with E-state index in [9.17, 15) is 0 Å². The molecule has 2 rings (SSSR count). The van der Waals surface area contributed by atoms with Gasteiger partial charge in [-0.3, -0.25) is 0 Å². The molecule has 0 aromatic heterocycles. The molecule has 1 nitrogen and oxygen atoms in total. The summed E-state index contributed by atoms with van der Waals surface area (Å²) in [5.74, 6) is 1.04. The number of benzene rings is 1. The van der Waals surface area contributed by atoms with Gasteiger partial charge in [0.25, 0.3) is 0 Å². The van der Waals surface area contributed by atoms with Crippen molar-refractivity contribution in [1.82, 2.24) is 0 Å². The average molecular weight is 213 g/mol. The molecule has 1 aromatic rings. The summed E-state index contributed by atoms with van der Waals surface area (Å²) in [7, 11) is 0. The molecule has 0 saturated carbocycles. The molecule has 1 aromatic carbocycles. The third-order valence-corrected chi connectivity index (χ3v) is 3.11. The van der Waals surface area contributed by atoms with Gasteiger partial charge in [0.05, 0.1) is 6.61 Å². The van der Waals surface area contributed by atoms with Crippen molar-refractivity contribution in [1.29, 1.82) is 0 Å². The van der Waals surface area contributed by atoms with Gasteiger partial charge in [-0.2, -0.15) is 0 Å². The summed E-state index contributed by atoms with van der Waals surface area (Å²) >= 11 is 3.55. The highest BCUT2D eigenvalue weighted by atomic mass is 79.9. The van der Waals surface area contributed by atoms with Crippen LogP contribution < -0.4 is 4.74 Å². The van der Waals surface area contributed by atoms with Gasteiger partial charge >= 0.3 is 0 Å². The van der Waals surface area contributed by atoms with E-state index >= 15 is 0 Å². The second-order valence-corrected chi connectivity index (χ2v) is 3.56. The van der Waals surface area contributed by atoms with Crippen LogP contribution in [0.5, 0.6) is 5.75 Å². The summed E-state index contributed by atoms with van der Waals surface area (Å²) in [6.45, 7) is 2.93. The minimum Gasteiger partial charge on any atom is -0.493 e. The van der Waals surface area contributed by atoms with Gasteiger partial charge in [-0.1, -0.05) is 22.0 Å². The predicted molar refractivity (Wildman–Crippen MR) is 48.1 cm³/mol. The third-order valence-electron chi connectivity index (χ3n) is 2.00. The van der Waals surface area contributed by atoms with Crippen LogP contribution in [0.1, 0.15) is 11.1 Å². The van der Waals surface area contributed by atoms with Crippen molar-refractivity contribution in [2.45, 2.75) is 13.3 Å². The van der Waals surface area contributed by atoms with Crippen molar-refractivity contribution in [2.24, 2.45) is 0 Å². The summed E-state index contributed by atoms with van der Waals surface area (Å²) in [5.41, 5.74) is 2.61. The van der Waals surface area contributed by atoms with Gasteiger partial charge < -0.3 is 4.74 Å². The Bertz CT molecular complexity index is 294. The number of halogens is 1. The lowest BCUT2D eigenvalue weighted by molar-refractivity contribution is 0.357. The zero-order valence-corrected chi connectivity index (χ0v) is 7.94. The standard InChI is InChI=1S/C9H9BrO/c1-6-2-3-8-7(9(6)10)4-5-11-8/h2-3H,4-5H2,1H3. The molecule has 0 unspecified atom stereocenters. The maximum atomic E-state index is 5.40. The van der Waals surface area contributed by atoms with Gasteiger partial charge in [0.2, 0.25) is 0 Å². The van der Waals surface area contributed by atoms with E-state index in [0.29, 0.717) is 0 Å². The first kappa shape index (κ1) is 7.17. The molecule has 0 amide bonds. The zero-order valence-electron chi connectivity index (χ0n) is 6.36. The van der Waals surface area contributed by atoms with Crippen LogP contribution in [0.2, 0.25) is 0 Å². The van der Waals surface area contributed by atoms with Crippen LogP contribution in [0.15, 0.2) is 16.6 Å². The van der Waals surface area contributed by atoms with E-state index in [0.717, 1.165) is 18.8 Å². The van der Waals surface area contributed by atoms with Crippen molar-refractivity contribution in [3.63, 3.8) is 0 Å². The minimum atomic E-state index is 0.831. The summed E-state index contributed by atoms with van der Waals surface area (Å²) in [4.78, 5) is 0. The Labute approximate surface area is 74.5 Å². The molecule has 0 N–H and O–H groups in total. The molecule has 0 spiro atoms. The molecule has 0 bridgehead atoms. The normalized spacial score (nSPS) is 14.4. The Hall–Kier alpha value is -0.500. The largest absolute Gasteiger partial charge is 0.493 e. The first-order chi connectivity index (χ1) is 5.29. The van der Waals surface area contributed by atoms with Crippen LogP contribution in [-0.2, 0) is 6.42 Å². The zero-order chi connectivity index (χ0) is 7.84. The van der Waals surface area contributed by atoms with E-state index in [-0.39, 0.29) is 0 Å². The number of hydrogen-bond donors (Lipinski definition) is 0. The maximum Gasteiger partial charge on any atom is 0.123 e. The average Bonchev–Trinajstić information content (AvgIpc) is 2.45. The molecule has 0 radical (unpaired) electrons. The first-order valence-corrected chi connectivity index (χ1v) is 4.49. The Balaban J connectivity index is 2.62. The van der Waals surface area contributed by atoms with Crippen LogP contribution in [-0.4, -0.2) is 6.61 Å². The highest BCUT2D eigenvalue weighted by molar-refractivity contribution is 9.10. The van der Waals surface area contributed by atoms with Crippen molar-refractivity contribution in [2.75, 3.05) is 6.61 Å². The van der Waals surface area contributed by atoms with Crippen molar-refractivity contribution in [3.05, 3.63) is 27.7 Å². The number of aryl methyl sites for hydroxylation is 1. The quantitative estimate of drug-likeness (QED) is 0.643. The van der Waals surface area contributed by atoms with Gasteiger partial charge in [0.1, 0.15) is 5.75 Å². The van der Waals surface area contributed by atoms with Crippen molar-refractivity contribution in [3.8, 4) is 5.75 Å². The minimum absolute atomic E-state index is 0.831. The van der Waals surface area contributed by atoms with Crippen LogP contribution in [0.3, 0.4) is 0 Å². The molecule has 0 atom stereocenters. The lowest BCUT2D eigenvalue weighted by Gasteiger charge is -2.02. The van der Waals surface area contributed by atoms with Gasteiger partial charge in [-0.25, -0.2) is 0 Å². The molecule has 1 aliphatic heterocycles. The molecule has 0 fully saturated rings. The Morgan fingerprint density at radius 3 is 3.09 bits per heavy atom. The van der Waals surface area contributed by atoms with E-state index in [1.54, 1.807) is 0 Å². The van der Waals surface area contributed by atoms with Gasteiger partial charge in [-0.15, -0.1) is 0 Å². The topological polar surface area (TPSA) is 9.23 Å². The second kappa shape index (κ2) is 2.52. The summed E-state index contributed by atoms with van der Waals surface area (Å²) in [6, 6.07) is 4.12. The van der Waals surface area contributed by atoms with Crippen LogP contribution in [0.4, 0.5) is 0 Å². The lowest BCUT2D eigenvalue weighted by atomic mass is 10.1. The molecule has 58 valence electrons. The van der Waals surface area contributed by atoms with Crippen molar-refractivity contribution >= 4 is 15.9 Å². The SMILES string of the molecule is Cc1ccc2c(c1Br)CCO2. The molecule has 1 aliphatic rings. The van der Waals surface area contributed by atoms with Gasteiger partial charge in [0.15, 0.2) is 0 Å². The monoisotopic (exact) mass is 212 g/mol. The molecule has 11 heavy (non-hydrogen) atoms. The van der Waals surface area contributed by atoms with E-state index in [2.05, 4.69) is 28.9 Å². The predicted octanol–water partition coefficient (Wildman–Crippen LogP) is 2.69. The first-order valence-electron chi connectivity index (χ1n) is 3.70. The molecule has 0 aliphatic carbocycles. The third kappa shape index (κ3) is 1.06. The fraction of sp³-hybridized carbons (Fsp3) is 0.333.